The Morgan fingerprint density at radius 2 is 1.58 bits per heavy atom. The molecule has 0 fully saturated rings. The molecule has 0 aliphatic carbocycles. The number of rotatable bonds is 6. The first-order valence-electron chi connectivity index (χ1n) is 6.67. The molecular weight excluding hydrogens is 408 g/mol. The molecule has 0 atom stereocenters. The van der Waals surface area contributed by atoms with Gasteiger partial charge in [-0.3, -0.25) is 9.11 Å². The zero-order chi connectivity index (χ0) is 19.0. The van der Waals surface area contributed by atoms with E-state index >= 15 is 0 Å². The van der Waals surface area contributed by atoms with Crippen LogP contribution in [0.5, 0.6) is 0 Å². The fourth-order valence-corrected chi connectivity index (χ4v) is 4.75. The maximum atomic E-state index is 12.2. The van der Waals surface area contributed by atoms with Crippen LogP contribution in [0.2, 0.25) is 0 Å². The normalized spacial score (nSPS) is 12.7. The summed E-state index contributed by atoms with van der Waals surface area (Å²) in [5.74, 6) is -0.713. The van der Waals surface area contributed by atoms with Crippen molar-refractivity contribution in [2.45, 2.75) is 24.1 Å². The van der Waals surface area contributed by atoms with E-state index in [4.69, 9.17) is 4.55 Å². The van der Waals surface area contributed by atoms with Crippen molar-refractivity contribution >= 4 is 41.1 Å². The van der Waals surface area contributed by atoms with Crippen molar-refractivity contribution < 1.29 is 38.5 Å². The van der Waals surface area contributed by atoms with Gasteiger partial charge in [-0.05, 0) is 30.0 Å². The van der Waals surface area contributed by atoms with Gasteiger partial charge >= 0.3 is 10.4 Å². The van der Waals surface area contributed by atoms with E-state index in [1.165, 1.54) is 31.2 Å². The summed E-state index contributed by atoms with van der Waals surface area (Å²) in [4.78, 5) is -0.507. The molecule has 0 amide bonds. The summed E-state index contributed by atoms with van der Waals surface area (Å²) < 4.78 is 90.1. The van der Waals surface area contributed by atoms with Crippen molar-refractivity contribution in [1.29, 1.82) is 0 Å². The van der Waals surface area contributed by atoms with E-state index in [0.717, 1.165) is 6.07 Å². The van der Waals surface area contributed by atoms with Gasteiger partial charge in [0.05, 0.1) is 17.3 Å². The van der Waals surface area contributed by atoms with Crippen LogP contribution >= 0.6 is 0 Å². The maximum absolute atomic E-state index is 12.2. The Bertz CT molecular complexity index is 1130. The predicted molar refractivity (Wildman–Crippen MR) is 94.8 cm³/mol. The quantitative estimate of drug-likeness (QED) is 0.656. The molecule has 2 N–H and O–H groups in total. The fraction of sp³-hybridized carbons (Fsp3) is 0.286. The second kappa shape index (κ2) is 7.58. The summed E-state index contributed by atoms with van der Waals surface area (Å²) in [5.41, 5.74) is 0.298. The van der Waals surface area contributed by atoms with Gasteiger partial charge in [-0.2, -0.15) is 16.8 Å². The second-order valence-electron chi connectivity index (χ2n) is 5.14. The first-order valence-corrected chi connectivity index (χ1v) is 11.1. The Kier molecular flexibility index (Phi) is 6.55. The molecule has 0 saturated heterocycles. The molecule has 0 saturated carbocycles. The lowest BCUT2D eigenvalue weighted by molar-refractivity contribution is 0.284. The van der Waals surface area contributed by atoms with Crippen molar-refractivity contribution in [3.8, 4) is 0 Å². The number of hydrogen-bond donors (Lipinski definition) is 2. The van der Waals surface area contributed by atoms with Crippen LogP contribution in [0.4, 0.5) is 0 Å². The van der Waals surface area contributed by atoms with E-state index in [1.807, 2.05) is 0 Å². The van der Waals surface area contributed by atoms with Gasteiger partial charge in [-0.15, -0.1) is 0 Å². The summed E-state index contributed by atoms with van der Waals surface area (Å²) in [6, 6.07) is 6.49. The molecule has 0 aliphatic heterocycles. The van der Waals surface area contributed by atoms with Crippen LogP contribution in [-0.4, -0.2) is 46.7 Å². The SMILES string of the molecule is C.Cc1ccc2cc(S(=O)(=O)CCOS(=O)(=O)O)ccc2c1S(=O)(=O)O. The first kappa shape index (κ1) is 22.5. The number of sulfone groups is 1. The van der Waals surface area contributed by atoms with E-state index in [-0.39, 0.29) is 28.0 Å². The lowest BCUT2D eigenvalue weighted by atomic mass is 10.1. The van der Waals surface area contributed by atoms with Crippen LogP contribution in [0, 0.1) is 6.92 Å². The Morgan fingerprint density at radius 1 is 0.962 bits per heavy atom. The van der Waals surface area contributed by atoms with Gasteiger partial charge in [0.2, 0.25) is 0 Å². The van der Waals surface area contributed by atoms with Crippen LogP contribution in [0.3, 0.4) is 0 Å². The van der Waals surface area contributed by atoms with Crippen LogP contribution < -0.4 is 0 Å². The average Bonchev–Trinajstić information content (AvgIpc) is 2.43. The van der Waals surface area contributed by atoms with E-state index in [2.05, 4.69) is 4.18 Å². The van der Waals surface area contributed by atoms with Crippen LogP contribution in [-0.2, 0) is 34.5 Å². The van der Waals surface area contributed by atoms with Gasteiger partial charge in [0.1, 0.15) is 4.90 Å². The molecule has 0 spiro atoms. The highest BCUT2D eigenvalue weighted by atomic mass is 32.3. The van der Waals surface area contributed by atoms with Gasteiger partial charge in [-0.25, -0.2) is 12.6 Å². The minimum Gasteiger partial charge on any atom is -0.282 e. The summed E-state index contributed by atoms with van der Waals surface area (Å²) in [5, 5.41) is 0.408. The van der Waals surface area contributed by atoms with Gasteiger partial charge in [0, 0.05) is 5.39 Å². The molecule has 0 radical (unpaired) electrons. The number of hydrogen-bond acceptors (Lipinski definition) is 7. The molecule has 146 valence electrons. The number of aryl methyl sites for hydroxylation is 1. The van der Waals surface area contributed by atoms with Crippen LogP contribution in [0.25, 0.3) is 10.8 Å². The minimum atomic E-state index is -4.75. The van der Waals surface area contributed by atoms with Crippen molar-refractivity contribution in [3.63, 3.8) is 0 Å². The highest BCUT2D eigenvalue weighted by Crippen LogP contribution is 2.28. The standard InChI is InChI=1S/C13H14O9S3.CH4/c1-9-2-3-10-8-11(4-5-12(10)13(9)24(16,17)18)23(14,15)7-6-22-25(19,20)21;/h2-5,8H,6-7H2,1H3,(H,16,17,18)(H,19,20,21);1H4. The van der Waals surface area contributed by atoms with Crippen molar-refractivity contribution in [2.75, 3.05) is 12.4 Å². The van der Waals surface area contributed by atoms with E-state index in [0.29, 0.717) is 5.56 Å². The van der Waals surface area contributed by atoms with E-state index in [1.54, 1.807) is 0 Å². The summed E-state index contributed by atoms with van der Waals surface area (Å²) in [7, 11) is -13.2. The topological polar surface area (TPSA) is 152 Å². The first-order chi connectivity index (χ1) is 11.3. The molecular formula is C14H18O9S3. The average molecular weight is 426 g/mol. The molecule has 26 heavy (non-hydrogen) atoms. The summed E-state index contributed by atoms with van der Waals surface area (Å²) in [6.45, 7) is 0.712. The third kappa shape index (κ3) is 5.22. The Balaban J connectivity index is 0.00000338. The van der Waals surface area contributed by atoms with Crippen molar-refractivity contribution in [1.82, 2.24) is 0 Å². The van der Waals surface area contributed by atoms with Crippen LogP contribution in [0.15, 0.2) is 40.1 Å². The summed E-state index contributed by atoms with van der Waals surface area (Å²) in [6.07, 6.45) is 0. The third-order valence-corrected chi connectivity index (χ3v) is 6.54. The Labute approximate surface area is 152 Å². The molecule has 0 bridgehead atoms. The minimum absolute atomic E-state index is 0. The van der Waals surface area contributed by atoms with Crippen molar-refractivity contribution in [2.24, 2.45) is 0 Å². The molecule has 0 aromatic heterocycles. The molecule has 0 aliphatic rings. The van der Waals surface area contributed by atoms with Gasteiger partial charge in [-0.1, -0.05) is 25.6 Å². The number of benzene rings is 2. The predicted octanol–water partition coefficient (Wildman–Crippen LogP) is 1.62. The zero-order valence-corrected chi connectivity index (χ0v) is 15.2. The second-order valence-corrected chi connectivity index (χ2v) is 9.70. The van der Waals surface area contributed by atoms with Crippen molar-refractivity contribution in [3.05, 3.63) is 35.9 Å². The lowest BCUT2D eigenvalue weighted by Crippen LogP contribution is -2.15. The van der Waals surface area contributed by atoms with Gasteiger partial charge in [0.15, 0.2) is 9.84 Å². The summed E-state index contributed by atoms with van der Waals surface area (Å²) >= 11 is 0. The highest BCUT2D eigenvalue weighted by Gasteiger charge is 2.20. The molecule has 2 aromatic rings. The molecule has 9 nitrogen and oxygen atoms in total. The zero-order valence-electron chi connectivity index (χ0n) is 12.8. The largest absolute Gasteiger partial charge is 0.397 e. The van der Waals surface area contributed by atoms with E-state index < -0.39 is 42.7 Å². The van der Waals surface area contributed by atoms with Crippen LogP contribution in [0.1, 0.15) is 13.0 Å². The lowest BCUT2D eigenvalue weighted by Gasteiger charge is -2.10. The van der Waals surface area contributed by atoms with E-state index in [9.17, 15) is 29.8 Å². The Hall–Kier alpha value is -1.57. The molecule has 0 heterocycles. The Morgan fingerprint density at radius 3 is 2.12 bits per heavy atom. The molecule has 12 heteroatoms. The smallest absolute Gasteiger partial charge is 0.282 e. The monoisotopic (exact) mass is 426 g/mol. The van der Waals surface area contributed by atoms with Gasteiger partial charge in [0.25, 0.3) is 10.1 Å². The maximum Gasteiger partial charge on any atom is 0.397 e. The highest BCUT2D eigenvalue weighted by molar-refractivity contribution is 7.91. The fourth-order valence-electron chi connectivity index (χ4n) is 2.29. The number of fused-ring (bicyclic) bond motifs is 1. The molecule has 0 unspecified atom stereocenters. The van der Waals surface area contributed by atoms with Gasteiger partial charge < -0.3 is 0 Å². The third-order valence-electron chi connectivity index (χ3n) is 3.34. The molecule has 2 rings (SSSR count). The molecule has 2 aromatic carbocycles.